The van der Waals surface area contributed by atoms with Gasteiger partial charge in [-0.15, -0.1) is 11.3 Å². The fourth-order valence-electron chi connectivity index (χ4n) is 3.01. The van der Waals surface area contributed by atoms with Crippen LogP contribution < -0.4 is 0 Å². The number of carbonyl (C=O) groups excluding carboxylic acids is 1. The quantitative estimate of drug-likeness (QED) is 0.283. The highest BCUT2D eigenvalue weighted by Crippen LogP contribution is 2.32. The first-order valence-corrected chi connectivity index (χ1v) is 9.35. The number of esters is 1. The maximum Gasteiger partial charge on any atom is 0.358 e. The van der Waals surface area contributed by atoms with E-state index in [4.69, 9.17) is 4.74 Å². The van der Waals surface area contributed by atoms with Gasteiger partial charge in [0.1, 0.15) is 22.9 Å². The molecular formula is C21H14F2N2O3S. The maximum atomic E-state index is 14.1. The highest BCUT2D eigenvalue weighted by molar-refractivity contribution is 7.13. The van der Waals surface area contributed by atoms with E-state index in [9.17, 15) is 18.7 Å². The van der Waals surface area contributed by atoms with Crippen LogP contribution >= 0.6 is 11.3 Å². The van der Waals surface area contributed by atoms with Crippen molar-refractivity contribution in [1.82, 2.24) is 9.55 Å². The van der Waals surface area contributed by atoms with Gasteiger partial charge in [0.2, 0.25) is 0 Å². The van der Waals surface area contributed by atoms with Crippen molar-refractivity contribution in [3.8, 4) is 21.8 Å². The monoisotopic (exact) mass is 412 g/mol. The number of nitrogens with zero attached hydrogens (tertiary/aromatic N) is 2. The minimum Gasteiger partial charge on any atom is -0.513 e. The van der Waals surface area contributed by atoms with Gasteiger partial charge in [-0.25, -0.2) is 18.6 Å². The third kappa shape index (κ3) is 3.38. The van der Waals surface area contributed by atoms with Gasteiger partial charge in [-0.05, 0) is 29.7 Å². The molecule has 0 unspecified atom stereocenters. The normalized spacial score (nSPS) is 11.8. The third-order valence-corrected chi connectivity index (χ3v) is 5.31. The maximum absolute atomic E-state index is 14.1. The number of benzene rings is 2. The summed E-state index contributed by atoms with van der Waals surface area (Å²) in [5.74, 6) is -2.00. The van der Waals surface area contributed by atoms with Gasteiger partial charge in [0.25, 0.3) is 0 Å². The summed E-state index contributed by atoms with van der Waals surface area (Å²) in [6, 6.07) is 10.7. The number of halogens is 2. The number of aromatic nitrogens is 2. The van der Waals surface area contributed by atoms with Gasteiger partial charge in [0, 0.05) is 28.8 Å². The first kappa shape index (κ1) is 18.8. The molecule has 29 heavy (non-hydrogen) atoms. The summed E-state index contributed by atoms with van der Waals surface area (Å²) < 4.78 is 33.4. The number of aliphatic hydroxyl groups excluding tert-OH is 1. The van der Waals surface area contributed by atoms with Crippen molar-refractivity contribution in [2.75, 3.05) is 7.11 Å². The van der Waals surface area contributed by atoms with Crippen molar-refractivity contribution >= 4 is 33.9 Å². The van der Waals surface area contributed by atoms with Gasteiger partial charge < -0.3 is 14.4 Å². The zero-order chi connectivity index (χ0) is 20.5. The van der Waals surface area contributed by atoms with Crippen molar-refractivity contribution in [3.05, 3.63) is 71.9 Å². The lowest BCUT2D eigenvalue weighted by atomic mass is 10.1. The molecule has 0 radical (unpaired) electrons. The predicted octanol–water partition coefficient (Wildman–Crippen LogP) is 5.24. The number of hydrogen-bond acceptors (Lipinski definition) is 5. The van der Waals surface area contributed by atoms with Crippen LogP contribution in [-0.2, 0) is 9.53 Å². The van der Waals surface area contributed by atoms with Crippen LogP contribution in [0.3, 0.4) is 0 Å². The van der Waals surface area contributed by atoms with Gasteiger partial charge in [0.15, 0.2) is 5.70 Å². The van der Waals surface area contributed by atoms with Crippen molar-refractivity contribution in [2.24, 2.45) is 0 Å². The number of ether oxygens (including phenoxy) is 1. The van der Waals surface area contributed by atoms with Crippen molar-refractivity contribution in [1.29, 1.82) is 0 Å². The van der Waals surface area contributed by atoms with Crippen LogP contribution in [0.15, 0.2) is 60.3 Å². The first-order valence-electron chi connectivity index (χ1n) is 8.47. The minimum atomic E-state index is -0.682. The lowest BCUT2D eigenvalue weighted by molar-refractivity contribution is -0.134. The largest absolute Gasteiger partial charge is 0.513 e. The second kappa shape index (κ2) is 7.48. The van der Waals surface area contributed by atoms with Gasteiger partial charge in [-0.1, -0.05) is 12.1 Å². The van der Waals surface area contributed by atoms with Crippen molar-refractivity contribution in [3.63, 3.8) is 0 Å². The number of thiazole rings is 1. The molecule has 0 aliphatic rings. The molecule has 4 rings (SSSR count). The van der Waals surface area contributed by atoms with E-state index < -0.39 is 17.6 Å². The summed E-state index contributed by atoms with van der Waals surface area (Å²) in [7, 11) is 1.23. The van der Waals surface area contributed by atoms with E-state index in [1.807, 2.05) is 18.2 Å². The van der Waals surface area contributed by atoms with E-state index in [1.54, 1.807) is 17.6 Å². The van der Waals surface area contributed by atoms with Gasteiger partial charge in [-0.3, -0.25) is 0 Å². The predicted molar refractivity (Wildman–Crippen MR) is 107 cm³/mol. The molecule has 8 heteroatoms. The molecule has 5 nitrogen and oxygen atoms in total. The molecule has 2 heterocycles. The number of aliphatic hydroxyl groups is 1. The third-order valence-electron chi connectivity index (χ3n) is 4.43. The summed E-state index contributed by atoms with van der Waals surface area (Å²) in [4.78, 5) is 16.4. The van der Waals surface area contributed by atoms with Gasteiger partial charge in [-0.2, -0.15) is 0 Å². The molecule has 2 aromatic heterocycles. The topological polar surface area (TPSA) is 64.3 Å². The van der Waals surface area contributed by atoms with Crippen LogP contribution in [0, 0.1) is 11.6 Å². The molecule has 2 aromatic carbocycles. The van der Waals surface area contributed by atoms with E-state index in [0.29, 0.717) is 22.5 Å². The Bertz CT molecular complexity index is 1260. The average Bonchev–Trinajstić information content (AvgIpc) is 3.36. The van der Waals surface area contributed by atoms with Crippen LogP contribution in [0.1, 0.15) is 0 Å². The Labute approximate surface area is 168 Å². The zero-order valence-electron chi connectivity index (χ0n) is 15.1. The summed E-state index contributed by atoms with van der Waals surface area (Å²) in [5.41, 5.74) is 2.20. The zero-order valence-corrected chi connectivity index (χ0v) is 15.9. The van der Waals surface area contributed by atoms with E-state index in [0.717, 1.165) is 17.0 Å². The Kier molecular flexibility index (Phi) is 4.85. The molecule has 0 aliphatic carbocycles. The Morgan fingerprint density at radius 1 is 1.21 bits per heavy atom. The minimum absolute atomic E-state index is 0.0352. The van der Waals surface area contributed by atoms with Gasteiger partial charge >= 0.3 is 5.97 Å². The molecule has 4 aromatic rings. The Hall–Kier alpha value is -3.52. The molecule has 0 aliphatic heterocycles. The molecule has 0 bridgehead atoms. The molecule has 0 spiro atoms. The Balaban J connectivity index is 1.77. The van der Waals surface area contributed by atoms with Crippen molar-refractivity contribution < 1.29 is 23.4 Å². The summed E-state index contributed by atoms with van der Waals surface area (Å²) >= 11 is 1.24. The van der Waals surface area contributed by atoms with Crippen LogP contribution in [0.4, 0.5) is 8.78 Å². The van der Waals surface area contributed by atoms with Crippen LogP contribution in [0.2, 0.25) is 0 Å². The summed E-state index contributed by atoms with van der Waals surface area (Å²) in [5, 5.41) is 12.5. The van der Waals surface area contributed by atoms with Crippen LogP contribution in [0.5, 0.6) is 0 Å². The summed E-state index contributed by atoms with van der Waals surface area (Å²) in [6.07, 6.45) is 2.34. The lowest BCUT2D eigenvalue weighted by Gasteiger charge is -2.08. The smallest absolute Gasteiger partial charge is 0.358 e. The Morgan fingerprint density at radius 3 is 2.76 bits per heavy atom. The van der Waals surface area contributed by atoms with E-state index in [2.05, 4.69) is 4.98 Å². The van der Waals surface area contributed by atoms with Crippen LogP contribution in [-0.4, -0.2) is 27.7 Å². The molecular weight excluding hydrogens is 398 g/mol. The van der Waals surface area contributed by atoms with E-state index in [-0.39, 0.29) is 11.3 Å². The van der Waals surface area contributed by atoms with Crippen molar-refractivity contribution in [2.45, 2.75) is 0 Å². The standard InChI is InChI=1S/C21H14F2N2O3S/c1-28-21(27)19(10-26)25-7-6-12-2-3-13(8-18(12)25)17-11-29-20(24-17)15-5-4-14(22)9-16(15)23/h2-11,26H,1H3. The van der Waals surface area contributed by atoms with E-state index in [1.165, 1.54) is 35.1 Å². The number of fused-ring (bicyclic) bond motifs is 1. The second-order valence-electron chi connectivity index (χ2n) is 6.13. The SMILES string of the molecule is COC(=O)C(=CO)n1ccc2ccc(-c3csc(-c4ccc(F)cc4F)n3)cc21. The number of carbonyl (C=O) groups is 1. The molecule has 0 amide bonds. The summed E-state index contributed by atoms with van der Waals surface area (Å²) in [6.45, 7) is 0. The van der Waals surface area contributed by atoms with E-state index >= 15 is 0 Å². The Morgan fingerprint density at radius 2 is 2.03 bits per heavy atom. The van der Waals surface area contributed by atoms with Crippen LogP contribution in [0.25, 0.3) is 38.4 Å². The number of hydrogen-bond donors (Lipinski definition) is 1. The molecule has 146 valence electrons. The fraction of sp³-hybridized carbons (Fsp3) is 0.0476. The number of methoxy groups -OCH3 is 1. The highest BCUT2D eigenvalue weighted by Gasteiger charge is 2.16. The number of rotatable bonds is 4. The molecule has 0 fully saturated rings. The molecule has 1 N–H and O–H groups in total. The molecule has 0 atom stereocenters. The molecule has 0 saturated carbocycles. The van der Waals surface area contributed by atoms with Gasteiger partial charge in [0.05, 0.1) is 18.3 Å². The fourth-order valence-corrected chi connectivity index (χ4v) is 3.86. The first-order chi connectivity index (χ1) is 14.0. The lowest BCUT2D eigenvalue weighted by Crippen LogP contribution is -2.09. The molecule has 0 saturated heterocycles. The average molecular weight is 412 g/mol. The highest BCUT2D eigenvalue weighted by atomic mass is 32.1. The second-order valence-corrected chi connectivity index (χ2v) is 6.99.